The lowest BCUT2D eigenvalue weighted by Gasteiger charge is -2.36. The number of hydrogen-bond acceptors (Lipinski definition) is 7. The average Bonchev–Trinajstić information content (AvgIpc) is 2.70. The van der Waals surface area contributed by atoms with Crippen LogP contribution >= 0.6 is 0 Å². The van der Waals surface area contributed by atoms with Gasteiger partial charge in [0, 0.05) is 45.3 Å². The normalized spacial score (nSPS) is 18.5. The van der Waals surface area contributed by atoms with E-state index in [4.69, 9.17) is 4.74 Å². The Kier molecular flexibility index (Phi) is 4.60. The second-order valence-electron chi connectivity index (χ2n) is 6.14. The van der Waals surface area contributed by atoms with Crippen molar-refractivity contribution in [3.63, 3.8) is 0 Å². The summed E-state index contributed by atoms with van der Waals surface area (Å²) >= 11 is 0. The van der Waals surface area contributed by atoms with Gasteiger partial charge in [0.15, 0.2) is 0 Å². The van der Waals surface area contributed by atoms with E-state index < -0.39 is 0 Å². The lowest BCUT2D eigenvalue weighted by molar-refractivity contribution is 0.122. The molecular formula is C17H21FN6O. The molecule has 132 valence electrons. The second kappa shape index (κ2) is 7.18. The molecular weight excluding hydrogens is 323 g/mol. The summed E-state index contributed by atoms with van der Waals surface area (Å²) in [5.74, 6) is 2.41. The maximum Gasteiger partial charge on any atom is 0.141 e. The van der Waals surface area contributed by atoms with E-state index in [0.29, 0.717) is 0 Å². The van der Waals surface area contributed by atoms with Gasteiger partial charge in [0.25, 0.3) is 0 Å². The van der Waals surface area contributed by atoms with Gasteiger partial charge in [-0.1, -0.05) is 0 Å². The van der Waals surface area contributed by atoms with Crippen molar-refractivity contribution in [3.05, 3.63) is 36.5 Å². The monoisotopic (exact) mass is 344 g/mol. The summed E-state index contributed by atoms with van der Waals surface area (Å²) in [5, 5.41) is 0. The van der Waals surface area contributed by atoms with Gasteiger partial charge in [-0.15, -0.1) is 0 Å². The number of hydrogen-bond donors (Lipinski definition) is 0. The zero-order chi connectivity index (χ0) is 17.1. The highest BCUT2D eigenvalue weighted by Gasteiger charge is 2.20. The summed E-state index contributed by atoms with van der Waals surface area (Å²) in [6, 6.07) is 5.23. The van der Waals surface area contributed by atoms with Crippen LogP contribution in [0.2, 0.25) is 0 Å². The number of piperazine rings is 1. The van der Waals surface area contributed by atoms with E-state index in [9.17, 15) is 4.39 Å². The second-order valence-corrected chi connectivity index (χ2v) is 6.14. The van der Waals surface area contributed by atoms with Gasteiger partial charge >= 0.3 is 0 Å². The molecule has 2 aromatic heterocycles. The predicted molar refractivity (Wildman–Crippen MR) is 93.7 cm³/mol. The zero-order valence-corrected chi connectivity index (χ0v) is 14.0. The van der Waals surface area contributed by atoms with Gasteiger partial charge in [0.2, 0.25) is 0 Å². The fourth-order valence-electron chi connectivity index (χ4n) is 3.20. The van der Waals surface area contributed by atoms with Gasteiger partial charge < -0.3 is 19.4 Å². The van der Waals surface area contributed by atoms with Gasteiger partial charge in [-0.25, -0.2) is 19.3 Å². The van der Waals surface area contributed by atoms with Crippen molar-refractivity contribution >= 4 is 17.5 Å². The first kappa shape index (κ1) is 16.0. The molecule has 2 fully saturated rings. The van der Waals surface area contributed by atoms with E-state index in [1.165, 1.54) is 12.3 Å². The molecule has 2 aliphatic heterocycles. The Labute approximate surface area is 146 Å². The summed E-state index contributed by atoms with van der Waals surface area (Å²) in [5.41, 5.74) is 0. The van der Waals surface area contributed by atoms with E-state index in [0.717, 1.165) is 69.9 Å². The van der Waals surface area contributed by atoms with Crippen molar-refractivity contribution in [2.75, 3.05) is 67.2 Å². The van der Waals surface area contributed by atoms with Crippen molar-refractivity contribution in [1.29, 1.82) is 0 Å². The molecule has 0 atom stereocenters. The Bertz CT molecular complexity index is 699. The molecule has 2 aliphatic rings. The van der Waals surface area contributed by atoms with E-state index in [1.54, 1.807) is 12.4 Å². The fourth-order valence-corrected chi connectivity index (χ4v) is 3.20. The SMILES string of the molecule is Fc1ccc(N2CCN(c3cc(N4CCOCC4)ncn3)CC2)nc1. The quantitative estimate of drug-likeness (QED) is 0.828. The Morgan fingerprint density at radius 3 is 1.96 bits per heavy atom. The largest absolute Gasteiger partial charge is 0.378 e. The average molecular weight is 344 g/mol. The maximum atomic E-state index is 13.0. The van der Waals surface area contributed by atoms with Gasteiger partial charge in [0.05, 0.1) is 19.4 Å². The van der Waals surface area contributed by atoms with Crippen LogP contribution in [0.5, 0.6) is 0 Å². The molecule has 7 nitrogen and oxygen atoms in total. The van der Waals surface area contributed by atoms with Crippen LogP contribution in [-0.4, -0.2) is 67.4 Å². The number of anilines is 3. The highest BCUT2D eigenvalue weighted by Crippen LogP contribution is 2.21. The molecule has 2 aromatic rings. The summed E-state index contributed by atoms with van der Waals surface area (Å²) in [7, 11) is 0. The molecule has 0 radical (unpaired) electrons. The van der Waals surface area contributed by atoms with E-state index in [-0.39, 0.29) is 5.82 Å². The predicted octanol–water partition coefficient (Wildman–Crippen LogP) is 1.17. The molecule has 2 saturated heterocycles. The van der Waals surface area contributed by atoms with Crippen LogP contribution in [0, 0.1) is 5.82 Å². The number of halogens is 1. The Hall–Kier alpha value is -2.48. The first-order chi connectivity index (χ1) is 12.3. The van der Waals surface area contributed by atoms with Gasteiger partial charge in [-0.3, -0.25) is 0 Å². The van der Waals surface area contributed by atoms with E-state index >= 15 is 0 Å². The zero-order valence-electron chi connectivity index (χ0n) is 14.0. The van der Waals surface area contributed by atoms with Crippen LogP contribution < -0.4 is 14.7 Å². The number of nitrogens with zero attached hydrogens (tertiary/aromatic N) is 6. The number of aromatic nitrogens is 3. The molecule has 0 aliphatic carbocycles. The molecule has 0 N–H and O–H groups in total. The minimum atomic E-state index is -0.306. The molecule has 4 rings (SSSR count). The van der Waals surface area contributed by atoms with Crippen molar-refractivity contribution < 1.29 is 9.13 Å². The lowest BCUT2D eigenvalue weighted by Crippen LogP contribution is -2.47. The molecule has 25 heavy (non-hydrogen) atoms. The number of rotatable bonds is 3. The van der Waals surface area contributed by atoms with Crippen LogP contribution in [0.1, 0.15) is 0 Å². The fraction of sp³-hybridized carbons (Fsp3) is 0.471. The van der Waals surface area contributed by atoms with Gasteiger partial charge in [0.1, 0.15) is 29.6 Å². The topological polar surface area (TPSA) is 57.6 Å². The number of pyridine rings is 1. The van der Waals surface area contributed by atoms with Crippen LogP contribution in [0.15, 0.2) is 30.7 Å². The number of ether oxygens (including phenoxy) is 1. The first-order valence-corrected chi connectivity index (χ1v) is 8.56. The molecule has 0 unspecified atom stereocenters. The minimum Gasteiger partial charge on any atom is -0.378 e. The van der Waals surface area contributed by atoms with Crippen LogP contribution in [-0.2, 0) is 4.74 Å². The maximum absolute atomic E-state index is 13.0. The Morgan fingerprint density at radius 2 is 1.36 bits per heavy atom. The van der Waals surface area contributed by atoms with Crippen molar-refractivity contribution in [1.82, 2.24) is 15.0 Å². The third kappa shape index (κ3) is 3.63. The van der Waals surface area contributed by atoms with Crippen LogP contribution in [0.4, 0.5) is 21.8 Å². The molecule has 0 aromatic carbocycles. The Balaban J connectivity index is 1.41. The van der Waals surface area contributed by atoms with E-state index in [2.05, 4.69) is 35.7 Å². The molecule has 8 heteroatoms. The highest BCUT2D eigenvalue weighted by molar-refractivity contribution is 5.52. The van der Waals surface area contributed by atoms with Crippen LogP contribution in [0.3, 0.4) is 0 Å². The summed E-state index contributed by atoms with van der Waals surface area (Å²) in [6.45, 7) is 6.55. The van der Waals surface area contributed by atoms with Crippen molar-refractivity contribution in [3.8, 4) is 0 Å². The smallest absolute Gasteiger partial charge is 0.141 e. The summed E-state index contributed by atoms with van der Waals surface area (Å²) in [6.07, 6.45) is 2.90. The van der Waals surface area contributed by atoms with Crippen molar-refractivity contribution in [2.24, 2.45) is 0 Å². The van der Waals surface area contributed by atoms with Crippen molar-refractivity contribution in [2.45, 2.75) is 0 Å². The van der Waals surface area contributed by atoms with Gasteiger partial charge in [-0.2, -0.15) is 0 Å². The highest BCUT2D eigenvalue weighted by atomic mass is 19.1. The Morgan fingerprint density at radius 1 is 0.760 bits per heavy atom. The molecule has 4 heterocycles. The lowest BCUT2D eigenvalue weighted by atomic mass is 10.3. The third-order valence-electron chi connectivity index (χ3n) is 4.61. The molecule has 0 spiro atoms. The standard InChI is InChI=1S/C17H21FN6O/c18-14-1-2-15(19-12-14)22-3-5-23(6-4-22)16-11-17(21-13-20-16)24-7-9-25-10-8-24/h1-2,11-13H,3-10H2. The third-order valence-corrected chi connectivity index (χ3v) is 4.61. The molecule has 0 saturated carbocycles. The van der Waals surface area contributed by atoms with Gasteiger partial charge in [-0.05, 0) is 12.1 Å². The summed E-state index contributed by atoms with van der Waals surface area (Å²) < 4.78 is 18.4. The number of morpholine rings is 1. The molecule has 0 amide bonds. The minimum absolute atomic E-state index is 0.306. The first-order valence-electron chi connectivity index (χ1n) is 8.56. The molecule has 0 bridgehead atoms. The van der Waals surface area contributed by atoms with Crippen LogP contribution in [0.25, 0.3) is 0 Å². The summed E-state index contributed by atoms with van der Waals surface area (Å²) in [4.78, 5) is 19.7. The van der Waals surface area contributed by atoms with E-state index in [1.807, 2.05) is 0 Å².